The molecule has 0 fully saturated rings. The first-order chi connectivity index (χ1) is 24.1. The molecular formula is C40H48Cl2F4N2O2Ti. The van der Waals surface area contributed by atoms with E-state index in [0.717, 1.165) is 0 Å². The molecule has 0 saturated heterocycles. The Labute approximate surface area is 313 Å². The summed E-state index contributed by atoms with van der Waals surface area (Å²) in [6.07, 6.45) is 12.2. The summed E-state index contributed by atoms with van der Waals surface area (Å²) in [6.45, 7) is 10.5. The van der Waals surface area contributed by atoms with Crippen LogP contribution in [0, 0.1) is 34.1 Å². The molecule has 0 spiro atoms. The average Bonchev–Trinajstić information content (AvgIpc) is 3.85. The minimum absolute atomic E-state index is 0.0359. The predicted molar refractivity (Wildman–Crippen MR) is 197 cm³/mol. The van der Waals surface area contributed by atoms with Gasteiger partial charge >= 0.3 is 315 Å². The van der Waals surface area contributed by atoms with Crippen LogP contribution < -0.4 is 18.4 Å². The Bertz CT molecular complexity index is 1640. The molecule has 2 aliphatic rings. The van der Waals surface area contributed by atoms with Gasteiger partial charge in [-0.25, -0.2) is 0 Å². The van der Waals surface area contributed by atoms with Crippen molar-refractivity contribution in [2.45, 2.75) is 92.2 Å². The molecule has 2 aromatic rings. The van der Waals surface area contributed by atoms with E-state index in [4.69, 9.17) is 23.2 Å². The van der Waals surface area contributed by atoms with E-state index < -0.39 is 62.8 Å². The number of hydrogen-bond donors (Lipinski definition) is 2. The number of hydrogen-bond acceptors (Lipinski definition) is 2. The summed E-state index contributed by atoms with van der Waals surface area (Å²) in [7, 11) is 0. The number of alkyl halides is 2. The zero-order valence-electron chi connectivity index (χ0n) is 30.2. The summed E-state index contributed by atoms with van der Waals surface area (Å²) in [5, 5.41) is 5.91. The average molecular weight is 784 g/mol. The number of carbonyl (C=O) groups is 2. The molecule has 2 atom stereocenters. The molecule has 2 aliphatic carbocycles. The van der Waals surface area contributed by atoms with Crippen molar-refractivity contribution in [2.75, 3.05) is 11.8 Å². The van der Waals surface area contributed by atoms with Crippen LogP contribution in [-0.4, -0.2) is 35.7 Å². The molecule has 2 N–H and O–H groups in total. The van der Waals surface area contributed by atoms with Gasteiger partial charge in [0.2, 0.25) is 0 Å². The van der Waals surface area contributed by atoms with E-state index in [0.29, 0.717) is 20.6 Å². The van der Waals surface area contributed by atoms with Gasteiger partial charge < -0.3 is 0 Å². The Morgan fingerprint density at radius 2 is 1.08 bits per heavy atom. The van der Waals surface area contributed by atoms with Gasteiger partial charge in [-0.3, -0.25) is 0 Å². The van der Waals surface area contributed by atoms with E-state index in [1.807, 2.05) is 26.0 Å². The number of benzene rings is 2. The molecule has 4 rings (SSSR count). The van der Waals surface area contributed by atoms with Gasteiger partial charge in [-0.15, -0.1) is 0 Å². The van der Waals surface area contributed by atoms with E-state index in [1.54, 1.807) is 52.0 Å². The molecule has 2 aromatic carbocycles. The second-order valence-corrected chi connectivity index (χ2v) is 21.2. The van der Waals surface area contributed by atoms with Gasteiger partial charge in [0, 0.05) is 0 Å². The number of carbonyl (C=O) groups excluding carboxylic acids is 2. The normalized spacial score (nSPS) is 15.8. The molecule has 0 heterocycles. The molecule has 276 valence electrons. The number of halogens is 6. The van der Waals surface area contributed by atoms with Crippen molar-refractivity contribution in [1.82, 2.24) is 10.6 Å². The summed E-state index contributed by atoms with van der Waals surface area (Å²) < 4.78 is 68.5. The molecule has 0 saturated carbocycles. The Morgan fingerprint density at radius 1 is 0.706 bits per heavy atom. The van der Waals surface area contributed by atoms with Crippen LogP contribution in [0.2, 0.25) is 0 Å². The third-order valence-electron chi connectivity index (χ3n) is 10.1. The second kappa shape index (κ2) is 17.0. The molecular weight excluding hydrogens is 735 g/mol. The van der Waals surface area contributed by atoms with Crippen molar-refractivity contribution in [1.29, 1.82) is 0 Å². The van der Waals surface area contributed by atoms with Gasteiger partial charge in [-0.05, 0) is 0 Å². The SMILES string of the molecule is CCC(Cc1ccc(F)[c]([Ti]([C]2=CC=CC2)([C]2=CC=CC2)[c]2c(F)ccc(CC(CC)NC(=O)C(C)(C)CCl)c2F)c1F)NC(=O)C(C)(C)CCl. The molecule has 51 heavy (non-hydrogen) atoms. The van der Waals surface area contributed by atoms with Crippen LogP contribution in [0.3, 0.4) is 0 Å². The van der Waals surface area contributed by atoms with Crippen molar-refractivity contribution in [2.24, 2.45) is 10.8 Å². The summed E-state index contributed by atoms with van der Waals surface area (Å²) in [5.41, 5.74) is -1.45. The quantitative estimate of drug-likeness (QED) is 0.102. The molecule has 11 heteroatoms. The van der Waals surface area contributed by atoms with Crippen LogP contribution in [0.15, 0.2) is 68.5 Å². The fourth-order valence-electron chi connectivity index (χ4n) is 6.63. The first-order valence-corrected chi connectivity index (χ1v) is 21.7. The van der Waals surface area contributed by atoms with Gasteiger partial charge in [0.05, 0.1) is 0 Å². The van der Waals surface area contributed by atoms with Gasteiger partial charge in [-0.1, -0.05) is 0 Å². The Morgan fingerprint density at radius 3 is 1.37 bits per heavy atom. The molecule has 0 bridgehead atoms. The minimum atomic E-state index is -5.09. The molecule has 0 aromatic heterocycles. The predicted octanol–water partition coefficient (Wildman–Crippen LogP) is 8.44. The van der Waals surface area contributed by atoms with Crippen LogP contribution >= 0.6 is 23.2 Å². The van der Waals surface area contributed by atoms with Crippen molar-refractivity contribution in [3.05, 3.63) is 103 Å². The van der Waals surface area contributed by atoms with Crippen LogP contribution in [0.4, 0.5) is 17.6 Å². The summed E-state index contributed by atoms with van der Waals surface area (Å²) in [6, 6.07) is 4.05. The molecule has 0 radical (unpaired) electrons. The van der Waals surface area contributed by atoms with Crippen LogP contribution in [0.25, 0.3) is 0 Å². The number of allylic oxidation sites excluding steroid dienone is 8. The van der Waals surface area contributed by atoms with Crippen molar-refractivity contribution < 1.29 is 43.7 Å². The molecule has 2 amide bonds. The maximum atomic E-state index is 17.3. The Kier molecular flexibility index (Phi) is 13.7. The first-order valence-electron chi connectivity index (χ1n) is 17.5. The Balaban J connectivity index is 1.93. The fourth-order valence-corrected chi connectivity index (χ4v) is 15.2. The number of amides is 2. The van der Waals surface area contributed by atoms with Crippen molar-refractivity contribution >= 4 is 42.8 Å². The second-order valence-electron chi connectivity index (χ2n) is 14.8. The third-order valence-corrected chi connectivity index (χ3v) is 19.4. The van der Waals surface area contributed by atoms with Gasteiger partial charge in [0.1, 0.15) is 0 Å². The number of nitrogens with one attached hydrogen (secondary N) is 2. The summed E-state index contributed by atoms with van der Waals surface area (Å²) in [4.78, 5) is 26.0. The van der Waals surface area contributed by atoms with Gasteiger partial charge in [0.25, 0.3) is 0 Å². The molecule has 0 aliphatic heterocycles. The van der Waals surface area contributed by atoms with E-state index in [1.165, 1.54) is 24.3 Å². The van der Waals surface area contributed by atoms with Crippen LogP contribution in [-0.2, 0) is 39.0 Å². The van der Waals surface area contributed by atoms with Gasteiger partial charge in [0.15, 0.2) is 0 Å². The van der Waals surface area contributed by atoms with Crippen molar-refractivity contribution in [3.63, 3.8) is 0 Å². The Hall–Kier alpha value is -2.65. The molecule has 4 nitrogen and oxygen atoms in total. The topological polar surface area (TPSA) is 58.2 Å². The van der Waals surface area contributed by atoms with Crippen LogP contribution in [0.5, 0.6) is 0 Å². The zero-order valence-corrected chi connectivity index (χ0v) is 33.2. The monoisotopic (exact) mass is 782 g/mol. The summed E-state index contributed by atoms with van der Waals surface area (Å²) in [5.74, 6) is -3.88. The first kappa shape index (κ1) is 41.1. The van der Waals surface area contributed by atoms with Crippen molar-refractivity contribution in [3.8, 4) is 0 Å². The van der Waals surface area contributed by atoms with E-state index in [2.05, 4.69) is 10.6 Å². The number of rotatable bonds is 16. The molecule has 2 unspecified atom stereocenters. The standard InChI is InChI=1S/2C15H19ClF2NO.2C5H5.Ti/c2*1-4-12(19-14(20)15(2,3)9-16)7-10-5-6-11(17)8-13(10)18;2*1-2-4-5-3-1;/h2*5-6,12H,4,7,9H2,1-3H3,(H,19,20);2*1-3H,4H2;. The third kappa shape index (κ3) is 8.45. The van der Waals surface area contributed by atoms with E-state index in [9.17, 15) is 9.59 Å². The van der Waals surface area contributed by atoms with E-state index in [-0.39, 0.29) is 68.1 Å². The van der Waals surface area contributed by atoms with Crippen LogP contribution in [0.1, 0.15) is 78.4 Å². The summed E-state index contributed by atoms with van der Waals surface area (Å²) >= 11 is 6.96. The fraction of sp³-hybridized carbons (Fsp3) is 0.450. The van der Waals surface area contributed by atoms with E-state index >= 15 is 17.6 Å². The zero-order chi connectivity index (χ0) is 37.7. The maximum absolute atomic E-state index is 17.3. The van der Waals surface area contributed by atoms with Gasteiger partial charge in [-0.2, -0.15) is 0 Å².